The van der Waals surface area contributed by atoms with Crippen LogP contribution < -0.4 is 10.2 Å². The molecule has 7 rings (SSSR count). The summed E-state index contributed by atoms with van der Waals surface area (Å²) < 4.78 is 1.78. The molecule has 0 bridgehead atoms. The summed E-state index contributed by atoms with van der Waals surface area (Å²) in [6, 6.07) is 8.12. The normalized spacial score (nSPS) is 17.7. The fourth-order valence-corrected chi connectivity index (χ4v) is 5.85. The fourth-order valence-electron chi connectivity index (χ4n) is 5.85. The van der Waals surface area contributed by atoms with Crippen molar-refractivity contribution in [1.29, 1.82) is 0 Å². The first-order chi connectivity index (χ1) is 19.6. The number of hydrogen-bond donors (Lipinski definition) is 1. The maximum Gasteiger partial charge on any atom is 0.257 e. The second-order valence-electron chi connectivity index (χ2n) is 10.9. The molecule has 2 fully saturated rings. The molecule has 6 heterocycles. The Morgan fingerprint density at radius 2 is 1.80 bits per heavy atom. The number of carbonyl (C=O) groups excluding carboxylic acids is 1. The Kier molecular flexibility index (Phi) is 6.39. The van der Waals surface area contributed by atoms with E-state index in [9.17, 15) is 4.79 Å². The number of pyridine rings is 2. The number of piperazine rings is 1. The second-order valence-corrected chi connectivity index (χ2v) is 10.9. The zero-order valence-electron chi connectivity index (χ0n) is 22.8. The van der Waals surface area contributed by atoms with Gasteiger partial charge in [0.2, 0.25) is 5.95 Å². The van der Waals surface area contributed by atoms with Gasteiger partial charge in [-0.3, -0.25) is 4.79 Å². The molecule has 1 aliphatic carbocycles. The van der Waals surface area contributed by atoms with E-state index in [2.05, 4.69) is 55.4 Å². The van der Waals surface area contributed by atoms with Crippen molar-refractivity contribution in [3.63, 3.8) is 0 Å². The van der Waals surface area contributed by atoms with Gasteiger partial charge in [0.25, 0.3) is 5.91 Å². The van der Waals surface area contributed by atoms with Gasteiger partial charge in [-0.25, -0.2) is 19.5 Å². The van der Waals surface area contributed by atoms with Crippen LogP contribution in [0.15, 0.2) is 55.1 Å². The Bertz CT molecular complexity index is 1600. The number of aromatic nitrogens is 5. The van der Waals surface area contributed by atoms with Gasteiger partial charge in [0.1, 0.15) is 5.82 Å². The van der Waals surface area contributed by atoms with Crippen molar-refractivity contribution in [2.75, 3.05) is 56.5 Å². The van der Waals surface area contributed by atoms with Crippen LogP contribution in [0.1, 0.15) is 46.4 Å². The molecule has 10 nitrogen and oxygen atoms in total. The van der Waals surface area contributed by atoms with Crippen molar-refractivity contribution >= 4 is 34.5 Å². The third-order valence-electron chi connectivity index (χ3n) is 8.19. The minimum absolute atomic E-state index is 0.0681. The first kappa shape index (κ1) is 24.7. The predicted molar refractivity (Wildman–Crippen MR) is 155 cm³/mol. The number of hydrogen-bond acceptors (Lipinski definition) is 8. The van der Waals surface area contributed by atoms with Gasteiger partial charge in [-0.05, 0) is 55.6 Å². The van der Waals surface area contributed by atoms with Crippen LogP contribution in [0.25, 0.3) is 11.1 Å². The molecular weight excluding hydrogens is 502 g/mol. The molecule has 1 amide bonds. The quantitative estimate of drug-likeness (QED) is 0.414. The molecule has 3 aliphatic rings. The van der Waals surface area contributed by atoms with Gasteiger partial charge in [-0.2, -0.15) is 5.10 Å². The van der Waals surface area contributed by atoms with Crippen LogP contribution in [0, 0.1) is 0 Å². The van der Waals surface area contributed by atoms with Gasteiger partial charge in [-0.15, -0.1) is 0 Å². The molecule has 2 aliphatic heterocycles. The molecule has 0 radical (unpaired) electrons. The van der Waals surface area contributed by atoms with Crippen molar-refractivity contribution in [2.24, 2.45) is 0 Å². The molecule has 40 heavy (non-hydrogen) atoms. The van der Waals surface area contributed by atoms with E-state index in [4.69, 9.17) is 4.98 Å². The highest BCUT2D eigenvalue weighted by Crippen LogP contribution is 2.33. The smallest absolute Gasteiger partial charge is 0.257 e. The van der Waals surface area contributed by atoms with E-state index in [-0.39, 0.29) is 5.91 Å². The maximum absolute atomic E-state index is 13.2. The number of piperidine rings is 1. The van der Waals surface area contributed by atoms with Crippen LogP contribution in [0.5, 0.6) is 0 Å². The molecule has 204 valence electrons. The first-order valence-electron chi connectivity index (χ1n) is 14.1. The lowest BCUT2D eigenvalue weighted by Gasteiger charge is -2.33. The largest absolute Gasteiger partial charge is 0.354 e. The summed E-state index contributed by atoms with van der Waals surface area (Å²) in [4.78, 5) is 33.9. The summed E-state index contributed by atoms with van der Waals surface area (Å²) >= 11 is 0. The molecule has 10 heteroatoms. The molecule has 1 N–H and O–H groups in total. The number of nitrogens with zero attached hydrogens (tertiary/aromatic N) is 8. The summed E-state index contributed by atoms with van der Waals surface area (Å²) in [5.74, 6) is 1.61. The van der Waals surface area contributed by atoms with Crippen molar-refractivity contribution < 1.29 is 4.79 Å². The highest BCUT2D eigenvalue weighted by molar-refractivity contribution is 6.01. The molecule has 0 atom stereocenters. The topological polar surface area (TPSA) is 94.8 Å². The van der Waals surface area contributed by atoms with Crippen LogP contribution in [-0.4, -0.2) is 86.6 Å². The minimum atomic E-state index is 0.0681. The lowest BCUT2D eigenvalue weighted by molar-refractivity contribution is 0.0726. The second kappa shape index (κ2) is 10.3. The first-order valence-corrected chi connectivity index (χ1v) is 14.1. The number of carbonyl (C=O) groups is 1. The average Bonchev–Trinajstić information content (AvgIpc) is 3.61. The lowest BCUT2D eigenvalue weighted by Crippen LogP contribution is -2.44. The van der Waals surface area contributed by atoms with Crippen molar-refractivity contribution in [3.8, 4) is 0 Å². The zero-order valence-corrected chi connectivity index (χ0v) is 22.8. The van der Waals surface area contributed by atoms with Gasteiger partial charge in [0.15, 0.2) is 0 Å². The Labute approximate surface area is 233 Å². The molecular formula is C30H33N9O. The number of fused-ring (bicyclic) bond motifs is 2. The summed E-state index contributed by atoms with van der Waals surface area (Å²) in [5, 5.41) is 7.82. The standard InChI is InChI=1S/C30H33N9O/c1-36-13-15-37(16-14-36)28-18-22(7-9-31-28)34-30-32-19-24-23(5-6-26(24)35-30)21-8-12-39-27(17-21)25(20-33-39)29(40)38-10-3-2-4-11-38/h5,7-9,12,17-20H,2-4,6,10-11,13-16H2,1H3,(H,31,32,34,35). The van der Waals surface area contributed by atoms with E-state index in [1.54, 1.807) is 10.7 Å². The number of likely N-dealkylation sites (N-methyl/N-ethyl adjacent to an activating group) is 1. The third-order valence-corrected chi connectivity index (χ3v) is 8.19. The van der Waals surface area contributed by atoms with E-state index >= 15 is 0 Å². The SMILES string of the molecule is CN1CCN(c2cc(Nc3ncc4c(n3)CC=C4c3ccn4ncc(C(=O)N5CCCCC5)c4c3)ccn2)CC1. The highest BCUT2D eigenvalue weighted by atomic mass is 16.2. The number of likely N-dealkylation sites (tertiary alicyclic amines) is 1. The van der Waals surface area contributed by atoms with Crippen molar-refractivity contribution in [2.45, 2.75) is 25.7 Å². The summed E-state index contributed by atoms with van der Waals surface area (Å²) in [7, 11) is 2.15. The highest BCUT2D eigenvalue weighted by Gasteiger charge is 2.24. The number of rotatable bonds is 5. The Morgan fingerprint density at radius 3 is 2.65 bits per heavy atom. The maximum atomic E-state index is 13.2. The van der Waals surface area contributed by atoms with Crippen LogP contribution in [0.4, 0.5) is 17.5 Å². The van der Waals surface area contributed by atoms with E-state index in [1.807, 2.05) is 35.6 Å². The predicted octanol–water partition coefficient (Wildman–Crippen LogP) is 3.63. The van der Waals surface area contributed by atoms with Gasteiger partial charge in [0, 0.05) is 81.6 Å². The van der Waals surface area contributed by atoms with E-state index in [0.717, 1.165) is 97.9 Å². The molecule has 0 spiro atoms. The van der Waals surface area contributed by atoms with Crippen molar-refractivity contribution in [3.05, 3.63) is 77.5 Å². The molecule has 4 aromatic heterocycles. The number of anilines is 3. The number of nitrogens with one attached hydrogen (secondary N) is 1. The number of allylic oxidation sites excluding steroid dienone is 1. The Morgan fingerprint density at radius 1 is 0.950 bits per heavy atom. The Balaban J connectivity index is 1.10. The fraction of sp³-hybridized carbons (Fsp3) is 0.367. The molecule has 4 aromatic rings. The summed E-state index contributed by atoms with van der Waals surface area (Å²) in [6.45, 7) is 5.64. The van der Waals surface area contributed by atoms with Crippen LogP contribution >= 0.6 is 0 Å². The minimum Gasteiger partial charge on any atom is -0.354 e. The average molecular weight is 536 g/mol. The van der Waals surface area contributed by atoms with Crippen molar-refractivity contribution in [1.82, 2.24) is 34.4 Å². The van der Waals surface area contributed by atoms with E-state index < -0.39 is 0 Å². The van der Waals surface area contributed by atoms with Gasteiger partial charge in [-0.1, -0.05) is 6.08 Å². The molecule has 0 saturated carbocycles. The molecule has 0 unspecified atom stereocenters. The zero-order chi connectivity index (χ0) is 27.1. The van der Waals surface area contributed by atoms with Gasteiger partial charge < -0.3 is 20.0 Å². The number of amides is 1. The Hall–Kier alpha value is -4.31. The summed E-state index contributed by atoms with van der Waals surface area (Å²) in [6.07, 6.45) is 13.6. The molecule has 0 aromatic carbocycles. The lowest BCUT2D eigenvalue weighted by atomic mass is 10.0. The van der Waals surface area contributed by atoms with Crippen LogP contribution in [0.3, 0.4) is 0 Å². The van der Waals surface area contributed by atoms with Gasteiger partial charge >= 0.3 is 0 Å². The summed E-state index contributed by atoms with van der Waals surface area (Å²) in [5.41, 5.74) is 6.54. The van der Waals surface area contributed by atoms with E-state index in [0.29, 0.717) is 11.5 Å². The van der Waals surface area contributed by atoms with Crippen LogP contribution in [0.2, 0.25) is 0 Å². The van der Waals surface area contributed by atoms with E-state index in [1.165, 1.54) is 6.42 Å². The third kappa shape index (κ3) is 4.68. The molecule has 2 saturated heterocycles. The monoisotopic (exact) mass is 535 g/mol. The van der Waals surface area contributed by atoms with Crippen LogP contribution in [-0.2, 0) is 6.42 Å². The van der Waals surface area contributed by atoms with Gasteiger partial charge in [0.05, 0.1) is 23.0 Å².